The Morgan fingerprint density at radius 3 is 2.27 bits per heavy atom. The van der Waals surface area contributed by atoms with Gasteiger partial charge in [-0.2, -0.15) is 0 Å². The van der Waals surface area contributed by atoms with Gasteiger partial charge in [0.1, 0.15) is 5.75 Å². The van der Waals surface area contributed by atoms with E-state index in [1.54, 1.807) is 0 Å². The van der Waals surface area contributed by atoms with E-state index in [4.69, 9.17) is 4.74 Å². The van der Waals surface area contributed by atoms with Crippen LogP contribution < -0.4 is 9.64 Å². The van der Waals surface area contributed by atoms with Gasteiger partial charge < -0.3 is 14.5 Å². The van der Waals surface area contributed by atoms with Crippen molar-refractivity contribution in [2.75, 3.05) is 31.1 Å². The van der Waals surface area contributed by atoms with Gasteiger partial charge in [0.2, 0.25) is 5.91 Å². The Morgan fingerprint density at radius 1 is 1.00 bits per heavy atom. The van der Waals surface area contributed by atoms with Crippen LogP contribution in [0.5, 0.6) is 5.75 Å². The molecule has 1 aliphatic rings. The standard InChI is InChI=1S/C22H28N2O2/c1-17(2)26-21-10-8-20(9-11-21)23-12-14-24(15-13-23)22(25)16-19-7-5-4-6-18(19)3/h4-11,17H,12-16H2,1-3H3. The van der Waals surface area contributed by atoms with Crippen LogP contribution in [0.1, 0.15) is 25.0 Å². The van der Waals surface area contributed by atoms with Gasteiger partial charge in [-0.15, -0.1) is 0 Å². The Balaban J connectivity index is 1.54. The third-order valence-electron chi connectivity index (χ3n) is 4.81. The van der Waals surface area contributed by atoms with Gasteiger partial charge in [0, 0.05) is 31.9 Å². The summed E-state index contributed by atoms with van der Waals surface area (Å²) in [5.74, 6) is 1.12. The number of anilines is 1. The molecule has 0 radical (unpaired) electrons. The van der Waals surface area contributed by atoms with Crippen LogP contribution in [-0.4, -0.2) is 43.1 Å². The first-order valence-electron chi connectivity index (χ1n) is 9.37. The molecule has 4 nitrogen and oxygen atoms in total. The van der Waals surface area contributed by atoms with Crippen molar-refractivity contribution in [3.63, 3.8) is 0 Å². The maximum atomic E-state index is 12.6. The van der Waals surface area contributed by atoms with E-state index in [0.29, 0.717) is 6.42 Å². The van der Waals surface area contributed by atoms with Gasteiger partial charge >= 0.3 is 0 Å². The Labute approximate surface area is 156 Å². The maximum absolute atomic E-state index is 12.6. The summed E-state index contributed by atoms with van der Waals surface area (Å²) in [5.41, 5.74) is 3.50. The predicted molar refractivity (Wildman–Crippen MR) is 106 cm³/mol. The van der Waals surface area contributed by atoms with Gasteiger partial charge in [-0.25, -0.2) is 0 Å². The molecule has 0 atom stereocenters. The number of benzene rings is 2. The van der Waals surface area contributed by atoms with Crippen molar-refractivity contribution in [1.82, 2.24) is 4.90 Å². The van der Waals surface area contributed by atoms with Gasteiger partial charge in [-0.1, -0.05) is 24.3 Å². The minimum Gasteiger partial charge on any atom is -0.491 e. The summed E-state index contributed by atoms with van der Waals surface area (Å²) in [6.45, 7) is 9.40. The molecule has 1 saturated heterocycles. The first kappa shape index (κ1) is 18.3. The molecule has 1 heterocycles. The highest BCUT2D eigenvalue weighted by molar-refractivity contribution is 5.79. The number of ether oxygens (including phenoxy) is 1. The number of rotatable bonds is 5. The van der Waals surface area contributed by atoms with Gasteiger partial charge in [0.25, 0.3) is 0 Å². The Bertz CT molecular complexity index is 732. The zero-order valence-electron chi connectivity index (χ0n) is 15.9. The topological polar surface area (TPSA) is 32.8 Å². The molecule has 138 valence electrons. The molecular formula is C22H28N2O2. The third-order valence-corrected chi connectivity index (χ3v) is 4.81. The second kappa shape index (κ2) is 8.26. The molecule has 1 aliphatic heterocycles. The molecular weight excluding hydrogens is 324 g/mol. The van der Waals surface area contributed by atoms with Crippen LogP contribution in [0.15, 0.2) is 48.5 Å². The number of carbonyl (C=O) groups is 1. The monoisotopic (exact) mass is 352 g/mol. The lowest BCUT2D eigenvalue weighted by Gasteiger charge is -2.36. The molecule has 3 rings (SSSR count). The van der Waals surface area contributed by atoms with E-state index >= 15 is 0 Å². The minimum atomic E-state index is 0.184. The van der Waals surface area contributed by atoms with E-state index in [0.717, 1.165) is 37.5 Å². The lowest BCUT2D eigenvalue weighted by Crippen LogP contribution is -2.49. The molecule has 0 aliphatic carbocycles. The predicted octanol–water partition coefficient (Wildman–Crippen LogP) is 3.67. The largest absolute Gasteiger partial charge is 0.491 e. The highest BCUT2D eigenvalue weighted by atomic mass is 16.5. The Kier molecular flexibility index (Phi) is 5.82. The van der Waals surface area contributed by atoms with Crippen molar-refractivity contribution in [2.24, 2.45) is 0 Å². The van der Waals surface area contributed by atoms with Crippen molar-refractivity contribution in [1.29, 1.82) is 0 Å². The maximum Gasteiger partial charge on any atom is 0.227 e. The molecule has 4 heteroatoms. The van der Waals surface area contributed by atoms with Crippen molar-refractivity contribution in [2.45, 2.75) is 33.3 Å². The van der Waals surface area contributed by atoms with Gasteiger partial charge in [-0.3, -0.25) is 4.79 Å². The van der Waals surface area contributed by atoms with E-state index in [1.807, 2.05) is 49.1 Å². The van der Waals surface area contributed by atoms with Crippen molar-refractivity contribution < 1.29 is 9.53 Å². The van der Waals surface area contributed by atoms with Crippen molar-refractivity contribution in [3.05, 3.63) is 59.7 Å². The van der Waals surface area contributed by atoms with Gasteiger partial charge in [0.05, 0.1) is 12.5 Å². The SMILES string of the molecule is Cc1ccccc1CC(=O)N1CCN(c2ccc(OC(C)C)cc2)CC1. The third kappa shape index (κ3) is 4.57. The summed E-state index contributed by atoms with van der Waals surface area (Å²) in [6.07, 6.45) is 0.678. The fourth-order valence-electron chi connectivity index (χ4n) is 3.30. The number of nitrogens with zero attached hydrogens (tertiary/aromatic N) is 2. The first-order valence-corrected chi connectivity index (χ1v) is 9.37. The normalized spacial score (nSPS) is 14.6. The van der Waals surface area contributed by atoms with Crippen molar-refractivity contribution >= 4 is 11.6 Å². The highest BCUT2D eigenvalue weighted by Gasteiger charge is 2.21. The lowest BCUT2D eigenvalue weighted by atomic mass is 10.1. The fraction of sp³-hybridized carbons (Fsp3) is 0.409. The number of hydrogen-bond donors (Lipinski definition) is 0. The number of piperazine rings is 1. The molecule has 0 N–H and O–H groups in total. The van der Waals surface area contributed by atoms with Crippen LogP contribution >= 0.6 is 0 Å². The zero-order valence-corrected chi connectivity index (χ0v) is 15.9. The Morgan fingerprint density at radius 2 is 1.65 bits per heavy atom. The first-order chi connectivity index (χ1) is 12.5. The van der Waals surface area contributed by atoms with Gasteiger partial charge in [-0.05, 0) is 56.2 Å². The molecule has 0 saturated carbocycles. The molecule has 0 aromatic heterocycles. The summed E-state index contributed by atoms with van der Waals surface area (Å²) in [6, 6.07) is 16.4. The summed E-state index contributed by atoms with van der Waals surface area (Å²) < 4.78 is 5.70. The minimum absolute atomic E-state index is 0.184. The molecule has 0 unspecified atom stereocenters. The number of aryl methyl sites for hydroxylation is 1. The lowest BCUT2D eigenvalue weighted by molar-refractivity contribution is -0.130. The second-order valence-electron chi connectivity index (χ2n) is 7.13. The molecule has 2 aromatic rings. The molecule has 0 spiro atoms. The summed E-state index contributed by atoms with van der Waals surface area (Å²) in [7, 11) is 0. The van der Waals surface area contributed by atoms with Crippen LogP contribution in [0.3, 0.4) is 0 Å². The van der Waals surface area contributed by atoms with E-state index in [2.05, 4.69) is 30.0 Å². The molecule has 2 aromatic carbocycles. The Hall–Kier alpha value is -2.49. The quantitative estimate of drug-likeness (QED) is 0.823. The van der Waals surface area contributed by atoms with E-state index < -0.39 is 0 Å². The molecule has 0 bridgehead atoms. The van der Waals surface area contributed by atoms with E-state index in [-0.39, 0.29) is 12.0 Å². The average molecular weight is 352 g/mol. The van der Waals surface area contributed by atoms with Crippen LogP contribution in [0.4, 0.5) is 5.69 Å². The highest BCUT2D eigenvalue weighted by Crippen LogP contribution is 2.22. The molecule has 1 amide bonds. The summed E-state index contributed by atoms with van der Waals surface area (Å²) in [5, 5.41) is 0. The summed E-state index contributed by atoms with van der Waals surface area (Å²) >= 11 is 0. The average Bonchev–Trinajstić information content (AvgIpc) is 2.64. The van der Waals surface area contributed by atoms with Crippen molar-refractivity contribution in [3.8, 4) is 5.75 Å². The van der Waals surface area contributed by atoms with Crippen LogP contribution in [0, 0.1) is 6.92 Å². The molecule has 26 heavy (non-hydrogen) atoms. The summed E-state index contributed by atoms with van der Waals surface area (Å²) in [4.78, 5) is 16.9. The van der Waals surface area contributed by atoms with E-state index in [9.17, 15) is 4.79 Å². The van der Waals surface area contributed by atoms with Crippen LogP contribution in [0.25, 0.3) is 0 Å². The van der Waals surface area contributed by atoms with Crippen LogP contribution in [0.2, 0.25) is 0 Å². The zero-order chi connectivity index (χ0) is 18.5. The number of amides is 1. The number of carbonyl (C=O) groups excluding carboxylic acids is 1. The van der Waals surface area contributed by atoms with Gasteiger partial charge in [0.15, 0.2) is 0 Å². The second-order valence-corrected chi connectivity index (χ2v) is 7.13. The fourth-order valence-corrected chi connectivity index (χ4v) is 3.30. The van der Waals surface area contributed by atoms with Crippen LogP contribution in [-0.2, 0) is 11.2 Å². The number of hydrogen-bond acceptors (Lipinski definition) is 3. The van der Waals surface area contributed by atoms with E-state index in [1.165, 1.54) is 11.3 Å². The molecule has 1 fully saturated rings. The smallest absolute Gasteiger partial charge is 0.227 e.